The Balaban J connectivity index is 2.43. The van der Waals surface area contributed by atoms with Gasteiger partial charge in [0.2, 0.25) is 0 Å². The maximum Gasteiger partial charge on any atom is 0.127 e. The molecule has 0 N–H and O–H groups in total. The molecule has 0 bridgehead atoms. The van der Waals surface area contributed by atoms with Gasteiger partial charge in [-0.25, -0.2) is 26.3 Å². The van der Waals surface area contributed by atoms with Gasteiger partial charge in [0.15, 0.2) is 0 Å². The van der Waals surface area contributed by atoms with Crippen LogP contribution < -0.4 is 0 Å². The molecule has 0 amide bonds. The lowest BCUT2D eigenvalue weighted by molar-refractivity contribution is 0.560. The van der Waals surface area contributed by atoms with E-state index in [4.69, 9.17) is 0 Å². The molecule has 0 spiro atoms. The second-order valence-corrected chi connectivity index (χ2v) is 13.0. The molecule has 0 fully saturated rings. The molecule has 0 aliphatic heterocycles. The van der Waals surface area contributed by atoms with E-state index >= 15 is 0 Å². The summed E-state index contributed by atoms with van der Waals surface area (Å²) in [5.41, 5.74) is 0. The van der Waals surface area contributed by atoms with Crippen molar-refractivity contribution < 1.29 is 51.6 Å². The zero-order chi connectivity index (χ0) is 25.6. The van der Waals surface area contributed by atoms with Gasteiger partial charge < -0.3 is 0 Å². The summed E-state index contributed by atoms with van der Waals surface area (Å²) in [6, 6.07) is 0.986. The molecule has 0 aliphatic rings. The lowest BCUT2D eigenvalue weighted by Crippen LogP contribution is -2.31. The van der Waals surface area contributed by atoms with Crippen molar-refractivity contribution in [2.45, 2.75) is 14.7 Å². The van der Waals surface area contributed by atoms with Gasteiger partial charge in [-0.1, -0.05) is 0 Å². The number of hydrogen-bond donors (Lipinski definition) is 0. The van der Waals surface area contributed by atoms with Crippen molar-refractivity contribution in [2.24, 2.45) is 0 Å². The minimum atomic E-state index is -5.94. The lowest BCUT2D eigenvalue weighted by atomic mass is 10.3. The zero-order valence-electron chi connectivity index (χ0n) is 16.1. The van der Waals surface area contributed by atoms with Crippen LogP contribution in [0.5, 0.6) is 0 Å². The van der Waals surface area contributed by atoms with Crippen molar-refractivity contribution in [1.29, 1.82) is 0 Å². The van der Waals surface area contributed by atoms with Crippen LogP contribution in [-0.2, 0) is 29.5 Å². The molecule has 182 valence electrons. The molecule has 3 aromatic rings. The van der Waals surface area contributed by atoms with E-state index in [1.54, 1.807) is 0 Å². The van der Waals surface area contributed by atoms with Crippen LogP contribution >= 0.6 is 0 Å². The van der Waals surface area contributed by atoms with E-state index in [-0.39, 0.29) is 54.6 Å². The van der Waals surface area contributed by atoms with Gasteiger partial charge in [0.1, 0.15) is 34.9 Å². The molecule has 0 aromatic heterocycles. The number of benzene rings is 3. The smallest absolute Gasteiger partial charge is 0.127 e. The van der Waals surface area contributed by atoms with Crippen molar-refractivity contribution in [3.8, 4) is 0 Å². The Labute approximate surface area is 189 Å². The van der Waals surface area contributed by atoms with Gasteiger partial charge in [-0.3, -0.25) is 25.3 Å². The SMILES string of the molecule is O=S(=O)(c1cc(F)cc(F)c1)[C-](S(=O)(=O)c1cc(F)cc(F)c1)S(=O)(=O)c1cc(F)cc(F)c1. The average Bonchev–Trinajstić information content (AvgIpc) is 2.65. The second kappa shape index (κ2) is 8.70. The number of halogens is 6. The molecule has 0 radical (unpaired) electrons. The summed E-state index contributed by atoms with van der Waals surface area (Å²) in [4.78, 5) is -4.54. The minimum absolute atomic E-state index is 0.0712. The fraction of sp³-hybridized carbons (Fsp3) is 0. The maximum atomic E-state index is 13.7. The van der Waals surface area contributed by atoms with Crippen LogP contribution in [0.1, 0.15) is 0 Å². The molecule has 6 nitrogen and oxygen atoms in total. The third kappa shape index (κ3) is 4.81. The molecule has 0 unspecified atom stereocenters. The fourth-order valence-corrected chi connectivity index (χ4v) is 10.2. The van der Waals surface area contributed by atoms with E-state index in [2.05, 4.69) is 0 Å². The van der Waals surface area contributed by atoms with Crippen molar-refractivity contribution in [3.05, 3.63) is 93.4 Å². The third-order valence-electron chi connectivity index (χ3n) is 4.10. The van der Waals surface area contributed by atoms with Gasteiger partial charge in [-0.2, -0.15) is 0 Å². The predicted molar refractivity (Wildman–Crippen MR) is 104 cm³/mol. The molecule has 0 saturated heterocycles. The zero-order valence-corrected chi connectivity index (χ0v) is 18.6. The molecule has 0 saturated carbocycles. The topological polar surface area (TPSA) is 102 Å². The van der Waals surface area contributed by atoms with E-state index in [1.807, 2.05) is 0 Å². The van der Waals surface area contributed by atoms with Crippen molar-refractivity contribution in [1.82, 2.24) is 0 Å². The molecule has 3 rings (SSSR count). The van der Waals surface area contributed by atoms with Crippen molar-refractivity contribution in [3.63, 3.8) is 0 Å². The van der Waals surface area contributed by atoms with Gasteiger partial charge in [-0.15, -0.1) is 0 Å². The van der Waals surface area contributed by atoms with Gasteiger partial charge >= 0.3 is 0 Å². The molecule has 0 heterocycles. The Morgan fingerprint density at radius 2 is 0.559 bits per heavy atom. The summed E-state index contributed by atoms with van der Waals surface area (Å²) in [6.45, 7) is 0. The first-order chi connectivity index (χ1) is 15.5. The second-order valence-electron chi connectivity index (χ2n) is 6.58. The highest BCUT2D eigenvalue weighted by Gasteiger charge is 2.39. The average molecular weight is 543 g/mol. The van der Waals surface area contributed by atoms with Gasteiger partial charge in [0.05, 0.1) is 33.4 Å². The molecule has 0 atom stereocenters. The van der Waals surface area contributed by atoms with Crippen LogP contribution in [0.4, 0.5) is 26.3 Å². The Bertz CT molecular complexity index is 1370. The highest BCUT2D eigenvalue weighted by Crippen LogP contribution is 2.40. The number of hydrogen-bond acceptors (Lipinski definition) is 6. The Hall–Kier alpha value is -2.91. The van der Waals surface area contributed by atoms with Gasteiger partial charge in [0, 0.05) is 32.9 Å². The minimum Gasteiger partial charge on any atom is -0.255 e. The standard InChI is InChI=1S/C19H9F6O6S3/c20-10-1-11(21)5-16(4-10)32(26,27)19(33(28,29)17-6-12(22)2-13(23)7-17)34(30,31)18-8-14(24)3-15(25)9-18/h1-9H/q-1. The normalized spacial score (nSPS) is 12.8. The van der Waals surface area contributed by atoms with Crippen LogP contribution in [0, 0.1) is 38.8 Å². The summed E-state index contributed by atoms with van der Waals surface area (Å²) in [5, 5.41) is 0. The highest BCUT2D eigenvalue weighted by atomic mass is 32.3. The summed E-state index contributed by atoms with van der Waals surface area (Å²) >= 11 is 0. The molecule has 3 aromatic carbocycles. The van der Waals surface area contributed by atoms with Gasteiger partial charge in [0.25, 0.3) is 0 Å². The molecular weight excluding hydrogens is 534 g/mol. The molecule has 0 aliphatic carbocycles. The Morgan fingerprint density at radius 1 is 0.382 bits per heavy atom. The van der Waals surface area contributed by atoms with Crippen molar-refractivity contribution >= 4 is 29.5 Å². The van der Waals surface area contributed by atoms with Gasteiger partial charge in [-0.05, 0) is 36.4 Å². The number of rotatable bonds is 6. The van der Waals surface area contributed by atoms with E-state index in [9.17, 15) is 51.6 Å². The molecule has 15 heteroatoms. The van der Waals surface area contributed by atoms with E-state index in [0.29, 0.717) is 0 Å². The van der Waals surface area contributed by atoms with Crippen LogP contribution in [0.3, 0.4) is 0 Å². The van der Waals surface area contributed by atoms with Crippen LogP contribution in [0.15, 0.2) is 69.3 Å². The summed E-state index contributed by atoms with van der Waals surface area (Å²) in [6.07, 6.45) is 0. The van der Waals surface area contributed by atoms with Crippen LogP contribution in [0.25, 0.3) is 0 Å². The Kier molecular flexibility index (Phi) is 6.58. The molecular formula is C19H9F6O6S3-. The van der Waals surface area contributed by atoms with Crippen LogP contribution in [-0.4, -0.2) is 25.3 Å². The summed E-state index contributed by atoms with van der Waals surface area (Å²) in [5.74, 6) is -9.33. The first-order valence-electron chi connectivity index (χ1n) is 8.55. The van der Waals surface area contributed by atoms with Crippen LogP contribution in [0.2, 0.25) is 0 Å². The quantitative estimate of drug-likeness (QED) is 0.347. The predicted octanol–water partition coefficient (Wildman–Crippen LogP) is 3.69. The van der Waals surface area contributed by atoms with E-state index in [0.717, 1.165) is 0 Å². The van der Waals surface area contributed by atoms with E-state index in [1.165, 1.54) is 0 Å². The summed E-state index contributed by atoms with van der Waals surface area (Å²) < 4.78 is 158. The summed E-state index contributed by atoms with van der Waals surface area (Å²) in [7, 11) is -17.8. The molecule has 34 heavy (non-hydrogen) atoms. The van der Waals surface area contributed by atoms with Crippen molar-refractivity contribution in [2.75, 3.05) is 0 Å². The maximum absolute atomic E-state index is 13.7. The first-order valence-corrected chi connectivity index (χ1v) is 13.0. The number of sulfone groups is 3. The first kappa shape index (κ1) is 25.7. The fourth-order valence-electron chi connectivity index (χ4n) is 2.77. The third-order valence-corrected chi connectivity index (χ3v) is 11.9. The highest BCUT2D eigenvalue weighted by molar-refractivity contribution is 8.29. The Morgan fingerprint density at radius 3 is 0.735 bits per heavy atom. The lowest BCUT2D eigenvalue weighted by Gasteiger charge is -2.30. The largest absolute Gasteiger partial charge is 0.255 e. The monoisotopic (exact) mass is 543 g/mol. The van der Waals surface area contributed by atoms with E-state index < -0.39 is 83.0 Å².